The fourth-order valence-corrected chi connectivity index (χ4v) is 4.68. The number of nitrogens with zero attached hydrogens (tertiary/aromatic N) is 3. The molecule has 1 aliphatic heterocycles. The van der Waals surface area contributed by atoms with E-state index in [1.54, 1.807) is 48.8 Å². The van der Waals surface area contributed by atoms with Crippen molar-refractivity contribution in [1.29, 1.82) is 0 Å². The largest absolute Gasteiger partial charge is 0.467 e. The molecule has 11 nitrogen and oxygen atoms in total. The minimum Gasteiger partial charge on any atom is -0.467 e. The van der Waals surface area contributed by atoms with Gasteiger partial charge in [-0.3, -0.25) is 9.78 Å². The third-order valence-electron chi connectivity index (χ3n) is 5.34. The summed E-state index contributed by atoms with van der Waals surface area (Å²) in [6, 6.07) is 9.48. The Morgan fingerprint density at radius 3 is 2.50 bits per heavy atom. The number of sulfonamides is 1. The monoisotopic (exact) mass is 489 g/mol. The van der Waals surface area contributed by atoms with E-state index in [4.69, 9.17) is 4.74 Å². The number of methoxy groups -OCH3 is 1. The molecule has 2 heterocycles. The summed E-state index contributed by atoms with van der Waals surface area (Å²) >= 11 is 0. The Hall–Kier alpha value is -3.51. The number of pyridine rings is 1. The SMILES string of the molecule is COC(=O)[C@@H](Cc1cccnc1)NC(=O)[C@@H]1CN(C(=O)Nc2ccccc2)CCN1S(C)(=O)=O. The summed E-state index contributed by atoms with van der Waals surface area (Å²) in [7, 11) is -2.56. The van der Waals surface area contributed by atoms with E-state index < -0.39 is 40.0 Å². The number of urea groups is 1. The van der Waals surface area contributed by atoms with Crippen LogP contribution in [0.4, 0.5) is 10.5 Å². The highest BCUT2D eigenvalue weighted by Crippen LogP contribution is 2.17. The molecule has 0 saturated carbocycles. The number of benzene rings is 1. The molecule has 0 unspecified atom stereocenters. The molecule has 1 saturated heterocycles. The van der Waals surface area contributed by atoms with Gasteiger partial charge in [-0.1, -0.05) is 24.3 Å². The van der Waals surface area contributed by atoms with Crippen LogP contribution in [0.5, 0.6) is 0 Å². The Bertz CT molecular complexity index is 1110. The number of hydrogen-bond donors (Lipinski definition) is 2. The summed E-state index contributed by atoms with van der Waals surface area (Å²) in [5.74, 6) is -1.39. The van der Waals surface area contributed by atoms with E-state index in [9.17, 15) is 22.8 Å². The van der Waals surface area contributed by atoms with Gasteiger partial charge in [0, 0.05) is 44.1 Å². The van der Waals surface area contributed by atoms with Crippen LogP contribution in [-0.2, 0) is 30.8 Å². The first-order chi connectivity index (χ1) is 16.2. The zero-order valence-electron chi connectivity index (χ0n) is 18.9. The van der Waals surface area contributed by atoms with Crippen molar-refractivity contribution in [3.8, 4) is 0 Å². The van der Waals surface area contributed by atoms with Gasteiger partial charge in [0.2, 0.25) is 15.9 Å². The summed E-state index contributed by atoms with van der Waals surface area (Å²) < 4.78 is 30.6. The molecule has 2 aromatic rings. The first-order valence-electron chi connectivity index (χ1n) is 10.5. The average Bonchev–Trinajstić information content (AvgIpc) is 2.83. The fraction of sp³-hybridized carbons (Fsp3) is 0.364. The average molecular weight is 490 g/mol. The normalized spacial score (nSPS) is 17.5. The molecule has 0 aliphatic carbocycles. The number of nitrogens with one attached hydrogen (secondary N) is 2. The summed E-state index contributed by atoms with van der Waals surface area (Å²) in [4.78, 5) is 43.6. The highest BCUT2D eigenvalue weighted by Gasteiger charge is 2.40. The second kappa shape index (κ2) is 11.1. The Morgan fingerprint density at radius 2 is 1.88 bits per heavy atom. The number of amides is 3. The molecule has 1 aromatic heterocycles. The van der Waals surface area contributed by atoms with Gasteiger partial charge < -0.3 is 20.3 Å². The van der Waals surface area contributed by atoms with Crippen molar-refractivity contribution < 1.29 is 27.5 Å². The number of esters is 1. The molecule has 0 spiro atoms. The number of rotatable bonds is 7. The predicted molar refractivity (Wildman–Crippen MR) is 124 cm³/mol. The van der Waals surface area contributed by atoms with Crippen molar-refractivity contribution in [1.82, 2.24) is 19.5 Å². The molecule has 34 heavy (non-hydrogen) atoms. The van der Waals surface area contributed by atoms with Gasteiger partial charge >= 0.3 is 12.0 Å². The lowest BCUT2D eigenvalue weighted by Crippen LogP contribution is -2.63. The molecule has 2 atom stereocenters. The Balaban J connectivity index is 1.77. The van der Waals surface area contributed by atoms with Gasteiger partial charge in [0.25, 0.3) is 0 Å². The minimum absolute atomic E-state index is 0.0649. The van der Waals surface area contributed by atoms with Crippen LogP contribution in [0.2, 0.25) is 0 Å². The zero-order chi connectivity index (χ0) is 24.7. The maximum absolute atomic E-state index is 13.2. The summed E-state index contributed by atoms with van der Waals surface area (Å²) in [5.41, 5.74) is 1.26. The van der Waals surface area contributed by atoms with E-state index in [1.165, 1.54) is 12.0 Å². The van der Waals surface area contributed by atoms with Crippen molar-refractivity contribution in [2.24, 2.45) is 0 Å². The van der Waals surface area contributed by atoms with E-state index >= 15 is 0 Å². The molecule has 1 aliphatic rings. The lowest BCUT2D eigenvalue weighted by molar-refractivity contribution is -0.145. The summed E-state index contributed by atoms with van der Waals surface area (Å²) in [6.07, 6.45) is 4.24. The number of hydrogen-bond acceptors (Lipinski definition) is 7. The fourth-order valence-electron chi connectivity index (χ4n) is 3.64. The Labute approximate surface area is 198 Å². The van der Waals surface area contributed by atoms with Crippen LogP contribution in [0.1, 0.15) is 5.56 Å². The predicted octanol–water partition coefficient (Wildman–Crippen LogP) is 0.460. The number of para-hydroxylation sites is 1. The van der Waals surface area contributed by atoms with Gasteiger partial charge in [-0.2, -0.15) is 4.31 Å². The zero-order valence-corrected chi connectivity index (χ0v) is 19.7. The van der Waals surface area contributed by atoms with Gasteiger partial charge in [0.15, 0.2) is 0 Å². The van der Waals surface area contributed by atoms with E-state index in [-0.39, 0.29) is 26.1 Å². The molecule has 0 radical (unpaired) electrons. The van der Waals surface area contributed by atoms with Crippen LogP contribution < -0.4 is 10.6 Å². The van der Waals surface area contributed by atoms with Crippen LogP contribution in [-0.4, -0.2) is 85.6 Å². The number of anilines is 1. The van der Waals surface area contributed by atoms with Gasteiger partial charge in [0.1, 0.15) is 12.1 Å². The molecule has 1 aromatic carbocycles. The van der Waals surface area contributed by atoms with E-state index in [1.807, 2.05) is 6.07 Å². The van der Waals surface area contributed by atoms with Crippen LogP contribution in [0, 0.1) is 0 Å². The molecule has 2 N–H and O–H groups in total. The van der Waals surface area contributed by atoms with Crippen molar-refractivity contribution in [2.45, 2.75) is 18.5 Å². The summed E-state index contributed by atoms with van der Waals surface area (Å²) in [6.45, 7) is -0.144. The molecule has 0 bridgehead atoms. The lowest BCUT2D eigenvalue weighted by Gasteiger charge is -2.39. The quantitative estimate of drug-likeness (QED) is 0.539. The van der Waals surface area contributed by atoms with Crippen molar-refractivity contribution >= 4 is 33.6 Å². The standard InChI is InChI=1S/C22H27N5O6S/c1-33-21(29)18(13-16-7-6-10-23-14-16)25-20(28)19-15-26(11-12-27(19)34(2,31)32)22(30)24-17-8-4-3-5-9-17/h3-10,14,18-19H,11-13,15H2,1-2H3,(H,24,30)(H,25,28)/t18-,19+/m1/s1. The van der Waals surface area contributed by atoms with Crippen LogP contribution >= 0.6 is 0 Å². The smallest absolute Gasteiger partial charge is 0.328 e. The first-order valence-corrected chi connectivity index (χ1v) is 12.4. The van der Waals surface area contributed by atoms with Crippen LogP contribution in [0.15, 0.2) is 54.9 Å². The topological polar surface area (TPSA) is 138 Å². The molecular formula is C22H27N5O6S. The Morgan fingerprint density at radius 1 is 1.15 bits per heavy atom. The number of aromatic nitrogens is 1. The van der Waals surface area contributed by atoms with Gasteiger partial charge in [-0.25, -0.2) is 18.0 Å². The van der Waals surface area contributed by atoms with Gasteiger partial charge in [0.05, 0.1) is 13.4 Å². The van der Waals surface area contributed by atoms with Gasteiger partial charge in [-0.05, 0) is 23.8 Å². The van der Waals surface area contributed by atoms with E-state index in [2.05, 4.69) is 15.6 Å². The van der Waals surface area contributed by atoms with Gasteiger partial charge in [-0.15, -0.1) is 0 Å². The second-order valence-corrected chi connectivity index (χ2v) is 9.72. The first kappa shape index (κ1) is 25.1. The maximum Gasteiger partial charge on any atom is 0.328 e. The molecule has 12 heteroatoms. The highest BCUT2D eigenvalue weighted by atomic mass is 32.2. The lowest BCUT2D eigenvalue weighted by atomic mass is 10.1. The minimum atomic E-state index is -3.76. The maximum atomic E-state index is 13.2. The second-order valence-electron chi connectivity index (χ2n) is 7.78. The number of ether oxygens (including phenoxy) is 1. The third-order valence-corrected chi connectivity index (χ3v) is 6.63. The van der Waals surface area contributed by atoms with Crippen LogP contribution in [0.25, 0.3) is 0 Å². The molecule has 3 rings (SSSR count). The van der Waals surface area contributed by atoms with Crippen molar-refractivity contribution in [3.63, 3.8) is 0 Å². The van der Waals surface area contributed by atoms with Crippen LogP contribution in [0.3, 0.4) is 0 Å². The molecule has 1 fully saturated rings. The van der Waals surface area contributed by atoms with Crippen molar-refractivity contribution in [2.75, 3.05) is 38.3 Å². The number of piperazine rings is 1. The highest BCUT2D eigenvalue weighted by molar-refractivity contribution is 7.88. The molecule has 182 valence electrons. The van der Waals surface area contributed by atoms with Crippen molar-refractivity contribution in [3.05, 3.63) is 60.4 Å². The molecule has 3 amide bonds. The van der Waals surface area contributed by atoms with E-state index in [0.717, 1.165) is 10.6 Å². The third kappa shape index (κ3) is 6.51. The molecular weight excluding hydrogens is 462 g/mol. The number of carbonyl (C=O) groups excluding carboxylic acids is 3. The van der Waals surface area contributed by atoms with E-state index in [0.29, 0.717) is 11.3 Å². The number of carbonyl (C=O) groups is 3. The Kier molecular flexibility index (Phi) is 8.18. The summed E-state index contributed by atoms with van der Waals surface area (Å²) in [5, 5.41) is 5.32.